The molecule has 0 radical (unpaired) electrons. The average Bonchev–Trinajstić information content (AvgIpc) is 3.14. The lowest BCUT2D eigenvalue weighted by Crippen LogP contribution is -2.15. The van der Waals surface area contributed by atoms with Gasteiger partial charge in [0.15, 0.2) is 5.82 Å². The first-order valence-corrected chi connectivity index (χ1v) is 9.72. The number of fused-ring (bicyclic) bond motifs is 1. The van der Waals surface area contributed by atoms with Gasteiger partial charge >= 0.3 is 0 Å². The average molecular weight is 377 g/mol. The number of thioether (sulfide) groups is 1. The number of oxime groups is 1. The molecule has 0 saturated heterocycles. The van der Waals surface area contributed by atoms with Crippen molar-refractivity contribution in [3.05, 3.63) is 77.6 Å². The van der Waals surface area contributed by atoms with Crippen LogP contribution in [0.15, 0.2) is 76.1 Å². The van der Waals surface area contributed by atoms with Crippen LogP contribution in [-0.4, -0.2) is 38.7 Å². The number of aromatic nitrogens is 3. The van der Waals surface area contributed by atoms with Gasteiger partial charge in [0.2, 0.25) is 5.16 Å². The van der Waals surface area contributed by atoms with Gasteiger partial charge < -0.3 is 4.84 Å². The molecule has 1 aliphatic heterocycles. The van der Waals surface area contributed by atoms with Gasteiger partial charge in [-0.05, 0) is 18.1 Å². The Morgan fingerprint density at radius 1 is 1.07 bits per heavy atom. The number of nitrogens with zero attached hydrogens (tertiary/aromatic N) is 5. The highest BCUT2D eigenvalue weighted by Crippen LogP contribution is 2.24. The summed E-state index contributed by atoms with van der Waals surface area (Å²) in [5.41, 5.74) is 4.03. The first kappa shape index (κ1) is 17.5. The summed E-state index contributed by atoms with van der Waals surface area (Å²) in [6.07, 6.45) is 0.588. The van der Waals surface area contributed by atoms with Crippen molar-refractivity contribution < 1.29 is 4.84 Å². The zero-order valence-electron chi connectivity index (χ0n) is 14.9. The predicted octanol–water partition coefficient (Wildman–Crippen LogP) is 3.62. The second kappa shape index (κ2) is 8.18. The molecule has 6 nitrogen and oxygen atoms in total. The van der Waals surface area contributed by atoms with Crippen LogP contribution >= 0.6 is 11.8 Å². The fraction of sp³-hybridized carbons (Fsp3) is 0.200. The van der Waals surface area contributed by atoms with E-state index in [2.05, 4.69) is 27.5 Å². The Hall–Kier alpha value is -2.93. The number of hydrogen-bond donors (Lipinski definition) is 0. The van der Waals surface area contributed by atoms with E-state index in [1.165, 1.54) is 0 Å². The van der Waals surface area contributed by atoms with Crippen LogP contribution < -0.4 is 0 Å². The Balaban J connectivity index is 1.42. The van der Waals surface area contributed by atoms with Crippen LogP contribution in [-0.2, 0) is 11.3 Å². The molecule has 27 heavy (non-hydrogen) atoms. The zero-order chi connectivity index (χ0) is 18.5. The molecular weight excluding hydrogens is 358 g/mol. The van der Waals surface area contributed by atoms with E-state index < -0.39 is 0 Å². The summed E-state index contributed by atoms with van der Waals surface area (Å²) in [6.45, 7) is 2.35. The van der Waals surface area contributed by atoms with Crippen LogP contribution in [0.2, 0.25) is 0 Å². The van der Waals surface area contributed by atoms with E-state index in [4.69, 9.17) is 9.94 Å². The Labute approximate surface area is 162 Å². The van der Waals surface area contributed by atoms with Crippen LogP contribution in [0.4, 0.5) is 0 Å². The second-order valence-corrected chi connectivity index (χ2v) is 6.98. The fourth-order valence-corrected chi connectivity index (χ4v) is 3.56. The normalized spacial score (nSPS) is 13.8. The number of hydrogen-bond acceptors (Lipinski definition) is 6. The van der Waals surface area contributed by atoms with Crippen LogP contribution in [0.3, 0.4) is 0 Å². The highest BCUT2D eigenvalue weighted by Gasteiger charge is 2.19. The molecule has 7 heteroatoms. The molecule has 0 saturated carbocycles. The Bertz CT molecular complexity index is 967. The third-order valence-electron chi connectivity index (χ3n) is 4.15. The third-order valence-corrected chi connectivity index (χ3v) is 5.08. The first-order chi connectivity index (χ1) is 13.3. The van der Waals surface area contributed by atoms with Gasteiger partial charge in [0.1, 0.15) is 6.61 Å². The van der Waals surface area contributed by atoms with Crippen molar-refractivity contribution in [2.75, 3.05) is 12.4 Å². The highest BCUT2D eigenvalue weighted by molar-refractivity contribution is 7.99. The molecule has 0 unspecified atom stereocenters. The maximum Gasteiger partial charge on any atom is 0.212 e. The SMILES string of the molecule is C/C(=N\OCCc1nnc2n1N=C(c1ccccc1)CS2)c1ccccc1. The van der Waals surface area contributed by atoms with Crippen molar-refractivity contribution in [2.24, 2.45) is 10.3 Å². The molecule has 0 N–H and O–H groups in total. The van der Waals surface area contributed by atoms with Gasteiger partial charge in [0.05, 0.1) is 11.4 Å². The summed E-state index contributed by atoms with van der Waals surface area (Å²) in [5.74, 6) is 1.57. The van der Waals surface area contributed by atoms with E-state index in [1.54, 1.807) is 11.8 Å². The minimum atomic E-state index is 0.420. The number of benzene rings is 2. The van der Waals surface area contributed by atoms with E-state index >= 15 is 0 Å². The predicted molar refractivity (Wildman–Crippen MR) is 107 cm³/mol. The molecule has 0 bridgehead atoms. The molecule has 136 valence electrons. The third kappa shape index (κ3) is 4.09. The maximum absolute atomic E-state index is 5.48. The zero-order valence-corrected chi connectivity index (χ0v) is 15.8. The van der Waals surface area contributed by atoms with Crippen molar-refractivity contribution in [1.29, 1.82) is 0 Å². The molecule has 2 aromatic carbocycles. The lowest BCUT2D eigenvalue weighted by Gasteiger charge is -2.13. The minimum absolute atomic E-state index is 0.420. The van der Waals surface area contributed by atoms with Crippen molar-refractivity contribution in [1.82, 2.24) is 14.9 Å². The molecule has 0 spiro atoms. The largest absolute Gasteiger partial charge is 0.395 e. The highest BCUT2D eigenvalue weighted by atomic mass is 32.2. The standard InChI is InChI=1S/C20H19N5OS/c1-15(16-8-4-2-5-9-16)24-26-13-12-19-21-22-20-25(19)23-18(14-27-20)17-10-6-3-7-11-17/h2-11H,12-14H2,1H3/b24-15+. The van der Waals surface area contributed by atoms with Gasteiger partial charge in [-0.25, -0.2) is 0 Å². The Kier molecular flexibility index (Phi) is 5.29. The van der Waals surface area contributed by atoms with E-state index in [1.807, 2.05) is 60.1 Å². The van der Waals surface area contributed by atoms with Gasteiger partial charge in [-0.1, -0.05) is 77.6 Å². The van der Waals surface area contributed by atoms with Crippen LogP contribution in [0.1, 0.15) is 23.9 Å². The van der Waals surface area contributed by atoms with Gasteiger partial charge in [-0.3, -0.25) is 0 Å². The van der Waals surface area contributed by atoms with Crippen LogP contribution in [0, 0.1) is 0 Å². The molecule has 1 aliphatic rings. The lowest BCUT2D eigenvalue weighted by atomic mass is 10.1. The molecule has 1 aromatic heterocycles. The molecule has 2 heterocycles. The summed E-state index contributed by atoms with van der Waals surface area (Å²) < 4.78 is 1.81. The van der Waals surface area contributed by atoms with Crippen LogP contribution in [0.25, 0.3) is 0 Å². The summed E-state index contributed by atoms with van der Waals surface area (Å²) in [4.78, 5) is 5.48. The summed E-state index contributed by atoms with van der Waals surface area (Å²) in [6, 6.07) is 20.1. The molecular formula is C20H19N5OS. The molecule has 0 amide bonds. The molecule has 0 fully saturated rings. The van der Waals surface area contributed by atoms with E-state index in [0.717, 1.165) is 39.3 Å². The monoisotopic (exact) mass is 377 g/mol. The van der Waals surface area contributed by atoms with Crippen molar-refractivity contribution in [3.63, 3.8) is 0 Å². The van der Waals surface area contributed by atoms with Crippen molar-refractivity contribution in [2.45, 2.75) is 18.5 Å². The van der Waals surface area contributed by atoms with Gasteiger partial charge in [-0.2, -0.15) is 9.78 Å². The van der Waals surface area contributed by atoms with Crippen LogP contribution in [0.5, 0.6) is 0 Å². The van der Waals surface area contributed by atoms with Gasteiger partial charge in [0.25, 0.3) is 0 Å². The first-order valence-electron chi connectivity index (χ1n) is 8.73. The Morgan fingerprint density at radius 3 is 2.59 bits per heavy atom. The summed E-state index contributed by atoms with van der Waals surface area (Å²) >= 11 is 1.64. The number of rotatable bonds is 6. The Morgan fingerprint density at radius 2 is 1.81 bits per heavy atom. The fourth-order valence-electron chi connectivity index (χ4n) is 2.71. The smallest absolute Gasteiger partial charge is 0.212 e. The molecule has 3 aromatic rings. The van der Waals surface area contributed by atoms with Gasteiger partial charge in [-0.15, -0.1) is 10.2 Å². The quantitative estimate of drug-likeness (QED) is 0.374. The second-order valence-electron chi connectivity index (χ2n) is 6.04. The maximum atomic E-state index is 5.48. The van der Waals surface area contributed by atoms with E-state index in [-0.39, 0.29) is 0 Å². The summed E-state index contributed by atoms with van der Waals surface area (Å²) in [5, 5.41) is 18.2. The van der Waals surface area contributed by atoms with E-state index in [0.29, 0.717) is 13.0 Å². The topological polar surface area (TPSA) is 64.7 Å². The lowest BCUT2D eigenvalue weighted by molar-refractivity contribution is 0.145. The molecule has 0 aliphatic carbocycles. The van der Waals surface area contributed by atoms with Gasteiger partial charge in [0, 0.05) is 12.2 Å². The van der Waals surface area contributed by atoms with E-state index in [9.17, 15) is 0 Å². The molecule has 0 atom stereocenters. The molecule has 4 rings (SSSR count). The minimum Gasteiger partial charge on any atom is -0.395 e. The van der Waals surface area contributed by atoms with Crippen molar-refractivity contribution in [3.8, 4) is 0 Å². The van der Waals surface area contributed by atoms with Crippen molar-refractivity contribution >= 4 is 23.2 Å². The summed E-state index contributed by atoms with van der Waals surface area (Å²) in [7, 11) is 0.